The van der Waals surface area contributed by atoms with Crippen molar-refractivity contribution in [3.8, 4) is 11.5 Å². The van der Waals surface area contributed by atoms with Gasteiger partial charge in [0.15, 0.2) is 11.5 Å². The number of imide groups is 1. The number of rotatable bonds is 3. The monoisotopic (exact) mass is 422 g/mol. The Morgan fingerprint density at radius 2 is 1.52 bits per heavy atom. The van der Waals surface area contributed by atoms with E-state index in [0.29, 0.717) is 11.1 Å². The topological polar surface area (TPSA) is 84.9 Å². The zero-order valence-electron chi connectivity index (χ0n) is 15.6. The van der Waals surface area contributed by atoms with Gasteiger partial charge in [-0.05, 0) is 42.5 Å². The summed E-state index contributed by atoms with van der Waals surface area (Å²) in [7, 11) is 0. The van der Waals surface area contributed by atoms with Crippen LogP contribution in [0.4, 0.5) is 20.2 Å². The lowest BCUT2D eigenvalue weighted by Crippen LogP contribution is -2.29. The van der Waals surface area contributed by atoms with Crippen LogP contribution in [0.5, 0.6) is 11.5 Å². The van der Waals surface area contributed by atoms with Crippen LogP contribution in [0.3, 0.4) is 0 Å². The van der Waals surface area contributed by atoms with Gasteiger partial charge in [0.2, 0.25) is 0 Å². The van der Waals surface area contributed by atoms with Crippen molar-refractivity contribution in [3.05, 3.63) is 83.4 Å². The molecular formula is C22H12F2N2O5. The first-order chi connectivity index (χ1) is 14.8. The first-order valence-electron chi connectivity index (χ1n) is 9.11. The maximum Gasteiger partial charge on any atom is 0.586 e. The van der Waals surface area contributed by atoms with Gasteiger partial charge in [0.1, 0.15) is 0 Å². The Hall–Kier alpha value is -4.27. The molecular weight excluding hydrogens is 410 g/mol. The minimum Gasteiger partial charge on any atom is -0.395 e. The summed E-state index contributed by atoms with van der Waals surface area (Å²) in [4.78, 5) is 39.0. The fourth-order valence-corrected chi connectivity index (χ4v) is 3.44. The predicted octanol–water partition coefficient (Wildman–Crippen LogP) is 4.06. The zero-order valence-corrected chi connectivity index (χ0v) is 15.6. The molecule has 0 bridgehead atoms. The Balaban J connectivity index is 1.39. The van der Waals surface area contributed by atoms with Gasteiger partial charge in [-0.3, -0.25) is 14.4 Å². The van der Waals surface area contributed by atoms with Gasteiger partial charge in [0.05, 0.1) is 16.8 Å². The van der Waals surface area contributed by atoms with E-state index in [2.05, 4.69) is 14.8 Å². The number of anilines is 2. The van der Waals surface area contributed by atoms with Gasteiger partial charge in [-0.15, -0.1) is 8.78 Å². The number of carbonyl (C=O) groups excluding carboxylic acids is 3. The average Bonchev–Trinajstić information content (AvgIpc) is 3.19. The van der Waals surface area contributed by atoms with E-state index in [0.717, 1.165) is 4.90 Å². The molecule has 2 aliphatic rings. The second-order valence-electron chi connectivity index (χ2n) is 6.82. The van der Waals surface area contributed by atoms with Crippen LogP contribution in [0.2, 0.25) is 0 Å². The molecule has 0 radical (unpaired) electrons. The highest BCUT2D eigenvalue weighted by Crippen LogP contribution is 2.42. The minimum atomic E-state index is -3.76. The molecule has 1 N–H and O–H groups in total. The molecule has 7 nitrogen and oxygen atoms in total. The molecule has 0 saturated heterocycles. The van der Waals surface area contributed by atoms with Crippen LogP contribution in [0.1, 0.15) is 31.1 Å². The summed E-state index contributed by atoms with van der Waals surface area (Å²) in [6.45, 7) is 0. The van der Waals surface area contributed by atoms with Crippen molar-refractivity contribution in [2.75, 3.05) is 10.2 Å². The minimum absolute atomic E-state index is 0.143. The standard InChI is InChI=1S/C22H12F2N2O5/c23-22(24)30-17-9-8-13(11-18(17)31-22)25-19(27)12-4-3-5-14(10-12)26-20(28)15-6-1-2-7-16(15)21(26)29/h1-11H,(H,25,27). The summed E-state index contributed by atoms with van der Waals surface area (Å²) in [5, 5.41) is 2.56. The Bertz CT molecular complexity index is 1240. The number of amides is 3. The van der Waals surface area contributed by atoms with E-state index < -0.39 is 24.0 Å². The van der Waals surface area contributed by atoms with E-state index in [1.54, 1.807) is 30.3 Å². The van der Waals surface area contributed by atoms with Gasteiger partial charge in [-0.1, -0.05) is 18.2 Å². The first kappa shape index (κ1) is 18.7. The van der Waals surface area contributed by atoms with E-state index in [1.807, 2.05) is 0 Å². The molecule has 5 rings (SSSR count). The summed E-state index contributed by atoms with van der Waals surface area (Å²) in [6, 6.07) is 16.3. The molecule has 0 spiro atoms. The largest absolute Gasteiger partial charge is 0.586 e. The fourth-order valence-electron chi connectivity index (χ4n) is 3.44. The van der Waals surface area contributed by atoms with Crippen molar-refractivity contribution in [1.82, 2.24) is 0 Å². The number of hydrogen-bond donors (Lipinski definition) is 1. The molecule has 3 aromatic carbocycles. The van der Waals surface area contributed by atoms with Crippen LogP contribution >= 0.6 is 0 Å². The molecule has 0 aliphatic carbocycles. The Kier molecular flexibility index (Phi) is 4.01. The van der Waals surface area contributed by atoms with E-state index in [4.69, 9.17) is 0 Å². The van der Waals surface area contributed by atoms with Gasteiger partial charge in [-0.2, -0.15) is 0 Å². The van der Waals surface area contributed by atoms with Crippen LogP contribution in [0, 0.1) is 0 Å². The lowest BCUT2D eigenvalue weighted by Gasteiger charge is -2.15. The number of benzene rings is 3. The fraction of sp³-hybridized carbons (Fsp3) is 0.0455. The summed E-state index contributed by atoms with van der Waals surface area (Å²) >= 11 is 0. The van der Waals surface area contributed by atoms with E-state index in [-0.39, 0.29) is 28.4 Å². The lowest BCUT2D eigenvalue weighted by atomic mass is 10.1. The van der Waals surface area contributed by atoms with Gasteiger partial charge in [0, 0.05) is 17.3 Å². The molecule has 2 aliphatic heterocycles. The quantitative estimate of drug-likeness (QED) is 0.644. The highest BCUT2D eigenvalue weighted by molar-refractivity contribution is 6.34. The number of ether oxygens (including phenoxy) is 2. The smallest absolute Gasteiger partial charge is 0.395 e. The van der Waals surface area contributed by atoms with Crippen molar-refractivity contribution in [3.63, 3.8) is 0 Å². The summed E-state index contributed by atoms with van der Waals surface area (Å²) in [6.07, 6.45) is -3.76. The second-order valence-corrected chi connectivity index (χ2v) is 6.82. The number of fused-ring (bicyclic) bond motifs is 2. The third kappa shape index (κ3) is 3.16. The maximum absolute atomic E-state index is 13.2. The van der Waals surface area contributed by atoms with Crippen molar-refractivity contribution in [2.24, 2.45) is 0 Å². The number of alkyl halides is 2. The second kappa shape index (κ2) is 6.63. The van der Waals surface area contributed by atoms with Crippen molar-refractivity contribution in [1.29, 1.82) is 0 Å². The predicted molar refractivity (Wildman–Crippen MR) is 105 cm³/mol. The Labute approximate surface area is 173 Å². The zero-order chi connectivity index (χ0) is 21.8. The van der Waals surface area contributed by atoms with Crippen LogP contribution in [0.25, 0.3) is 0 Å². The molecule has 0 saturated carbocycles. The summed E-state index contributed by atoms with van der Waals surface area (Å²) in [5.74, 6) is -1.87. The van der Waals surface area contributed by atoms with Crippen molar-refractivity contribution in [2.45, 2.75) is 6.29 Å². The van der Waals surface area contributed by atoms with Gasteiger partial charge >= 0.3 is 6.29 Å². The van der Waals surface area contributed by atoms with E-state index in [9.17, 15) is 23.2 Å². The third-order valence-corrected chi connectivity index (χ3v) is 4.82. The lowest BCUT2D eigenvalue weighted by molar-refractivity contribution is -0.286. The van der Waals surface area contributed by atoms with Crippen LogP contribution in [-0.2, 0) is 0 Å². The highest BCUT2D eigenvalue weighted by atomic mass is 19.3. The molecule has 3 amide bonds. The maximum atomic E-state index is 13.2. The third-order valence-electron chi connectivity index (χ3n) is 4.82. The number of nitrogens with one attached hydrogen (secondary N) is 1. The Morgan fingerprint density at radius 1 is 0.839 bits per heavy atom. The molecule has 2 heterocycles. The molecule has 0 unspecified atom stereocenters. The van der Waals surface area contributed by atoms with Crippen molar-refractivity contribution < 1.29 is 32.6 Å². The number of carbonyl (C=O) groups is 3. The SMILES string of the molecule is O=C(Nc1ccc2c(c1)OC(F)(F)O2)c1cccc(N2C(=O)c3ccccc3C2=O)c1. The number of nitrogens with zero attached hydrogens (tertiary/aromatic N) is 1. The van der Waals surface area contributed by atoms with Crippen LogP contribution < -0.4 is 19.7 Å². The summed E-state index contributed by atoms with van der Waals surface area (Å²) in [5.41, 5.74) is 1.19. The van der Waals surface area contributed by atoms with Crippen LogP contribution in [0.15, 0.2) is 66.7 Å². The van der Waals surface area contributed by atoms with Crippen LogP contribution in [-0.4, -0.2) is 24.0 Å². The molecule has 0 fully saturated rings. The number of hydrogen-bond acceptors (Lipinski definition) is 5. The van der Waals surface area contributed by atoms with Gasteiger partial charge in [-0.25, -0.2) is 4.90 Å². The number of halogens is 2. The molecule has 9 heteroatoms. The molecule has 154 valence electrons. The Morgan fingerprint density at radius 3 is 2.23 bits per heavy atom. The highest BCUT2D eigenvalue weighted by Gasteiger charge is 2.43. The van der Waals surface area contributed by atoms with E-state index in [1.165, 1.54) is 36.4 Å². The normalized spacial score (nSPS) is 15.7. The van der Waals surface area contributed by atoms with Gasteiger partial charge in [0.25, 0.3) is 17.7 Å². The molecule has 31 heavy (non-hydrogen) atoms. The molecule has 0 aromatic heterocycles. The van der Waals surface area contributed by atoms with E-state index >= 15 is 0 Å². The van der Waals surface area contributed by atoms with Crippen molar-refractivity contribution >= 4 is 29.1 Å². The molecule has 3 aromatic rings. The average molecular weight is 422 g/mol. The van der Waals surface area contributed by atoms with Gasteiger partial charge < -0.3 is 14.8 Å². The summed E-state index contributed by atoms with van der Waals surface area (Å²) < 4.78 is 35.0. The first-order valence-corrected chi connectivity index (χ1v) is 9.11. The molecule has 0 atom stereocenters.